The number of rotatable bonds is 2. The first-order valence-corrected chi connectivity index (χ1v) is 4.73. The average molecular weight is 239 g/mol. The number of benzene rings is 1. The van der Waals surface area contributed by atoms with Gasteiger partial charge in [-0.15, -0.1) is 0 Å². The lowest BCUT2D eigenvalue weighted by Crippen LogP contribution is -2.37. The van der Waals surface area contributed by atoms with Crippen molar-refractivity contribution in [1.82, 2.24) is 10.6 Å². The van der Waals surface area contributed by atoms with E-state index >= 15 is 0 Å². The van der Waals surface area contributed by atoms with E-state index < -0.39 is 10.8 Å². The van der Waals surface area contributed by atoms with Gasteiger partial charge in [0.2, 0.25) is 0 Å². The number of nitro benzene ring substituents is 1. The minimum Gasteiger partial charge on any atom is -0.365 e. The highest BCUT2D eigenvalue weighted by molar-refractivity contribution is 7.80. The van der Waals surface area contributed by atoms with Gasteiger partial charge in [0.25, 0.3) is 11.6 Å². The highest BCUT2D eigenvalue weighted by Gasteiger charge is 2.11. The van der Waals surface area contributed by atoms with E-state index in [2.05, 4.69) is 10.6 Å². The fraction of sp³-hybridized carbons (Fsp3) is 0.111. The lowest BCUT2D eigenvalue weighted by molar-refractivity contribution is -0.384. The van der Waals surface area contributed by atoms with Gasteiger partial charge in [0, 0.05) is 24.7 Å². The zero-order valence-corrected chi connectivity index (χ0v) is 9.21. The van der Waals surface area contributed by atoms with Crippen molar-refractivity contribution >= 4 is 28.9 Å². The number of hydrogen-bond donors (Lipinski definition) is 2. The molecule has 0 aromatic heterocycles. The van der Waals surface area contributed by atoms with Crippen molar-refractivity contribution in [3.63, 3.8) is 0 Å². The van der Waals surface area contributed by atoms with Crippen LogP contribution in [0, 0.1) is 10.1 Å². The smallest absolute Gasteiger partial charge is 0.270 e. The van der Waals surface area contributed by atoms with E-state index in [1.165, 1.54) is 24.3 Å². The number of nitrogens with one attached hydrogen (secondary N) is 2. The summed E-state index contributed by atoms with van der Waals surface area (Å²) in [6.45, 7) is 0. The summed E-state index contributed by atoms with van der Waals surface area (Å²) in [5.74, 6) is -0.483. The number of nitrogens with zero attached hydrogens (tertiary/aromatic N) is 1. The van der Waals surface area contributed by atoms with Crippen molar-refractivity contribution in [2.75, 3.05) is 7.05 Å². The first-order valence-electron chi connectivity index (χ1n) is 4.32. The third-order valence-electron chi connectivity index (χ3n) is 1.77. The van der Waals surface area contributed by atoms with Gasteiger partial charge in [-0.1, -0.05) is 6.07 Å². The van der Waals surface area contributed by atoms with Crippen LogP contribution < -0.4 is 10.6 Å². The van der Waals surface area contributed by atoms with Crippen molar-refractivity contribution in [2.24, 2.45) is 0 Å². The Hall–Kier alpha value is -2.02. The molecule has 0 saturated carbocycles. The molecule has 7 heteroatoms. The number of carbonyl (C=O) groups excluding carboxylic acids is 1. The Morgan fingerprint density at radius 2 is 2.19 bits per heavy atom. The first-order chi connectivity index (χ1) is 7.54. The fourth-order valence-corrected chi connectivity index (χ4v) is 1.09. The summed E-state index contributed by atoms with van der Waals surface area (Å²) < 4.78 is 0. The Morgan fingerprint density at radius 1 is 1.50 bits per heavy atom. The normalized spacial score (nSPS) is 9.31. The van der Waals surface area contributed by atoms with Gasteiger partial charge in [-0.05, 0) is 18.3 Å². The van der Waals surface area contributed by atoms with Gasteiger partial charge in [0.15, 0.2) is 5.11 Å². The molecule has 1 aromatic carbocycles. The van der Waals surface area contributed by atoms with Gasteiger partial charge in [-0.2, -0.15) is 0 Å². The molecule has 0 aliphatic heterocycles. The highest BCUT2D eigenvalue weighted by atomic mass is 32.1. The van der Waals surface area contributed by atoms with Crippen LogP contribution in [0.15, 0.2) is 24.3 Å². The second kappa shape index (κ2) is 5.17. The molecular formula is C9H9N3O3S. The van der Waals surface area contributed by atoms with Crippen LogP contribution in [0.25, 0.3) is 0 Å². The van der Waals surface area contributed by atoms with Crippen LogP contribution in [-0.2, 0) is 0 Å². The lowest BCUT2D eigenvalue weighted by Gasteiger charge is -2.05. The Kier molecular flexibility index (Phi) is 3.90. The van der Waals surface area contributed by atoms with E-state index in [1.807, 2.05) is 0 Å². The second-order valence-corrected chi connectivity index (χ2v) is 3.25. The lowest BCUT2D eigenvalue weighted by atomic mass is 10.2. The molecule has 0 bridgehead atoms. The summed E-state index contributed by atoms with van der Waals surface area (Å²) in [4.78, 5) is 21.5. The van der Waals surface area contributed by atoms with Gasteiger partial charge in [0.05, 0.1) is 4.92 Å². The molecule has 0 radical (unpaired) electrons. The molecule has 0 saturated heterocycles. The van der Waals surface area contributed by atoms with E-state index in [0.717, 1.165) is 0 Å². The van der Waals surface area contributed by atoms with Gasteiger partial charge < -0.3 is 5.32 Å². The van der Waals surface area contributed by atoms with Crippen molar-refractivity contribution in [2.45, 2.75) is 0 Å². The van der Waals surface area contributed by atoms with E-state index in [9.17, 15) is 14.9 Å². The van der Waals surface area contributed by atoms with Crippen molar-refractivity contribution in [3.8, 4) is 0 Å². The molecular weight excluding hydrogens is 230 g/mol. The molecule has 0 fully saturated rings. The number of amides is 1. The largest absolute Gasteiger partial charge is 0.365 e. The van der Waals surface area contributed by atoms with Crippen LogP contribution in [0.5, 0.6) is 0 Å². The van der Waals surface area contributed by atoms with E-state index in [4.69, 9.17) is 12.2 Å². The molecule has 0 atom stereocenters. The standard InChI is InChI=1S/C9H9N3O3S/c1-10-9(16)11-8(13)6-3-2-4-7(5-6)12(14)15/h2-5H,1H3,(H2,10,11,13,16). The van der Waals surface area contributed by atoms with Crippen molar-refractivity contribution in [1.29, 1.82) is 0 Å². The van der Waals surface area contributed by atoms with E-state index in [0.29, 0.717) is 0 Å². The quantitative estimate of drug-likeness (QED) is 0.453. The van der Waals surface area contributed by atoms with Crippen LogP contribution in [0.1, 0.15) is 10.4 Å². The molecule has 16 heavy (non-hydrogen) atoms. The van der Waals surface area contributed by atoms with Crippen molar-refractivity contribution in [3.05, 3.63) is 39.9 Å². The first kappa shape index (κ1) is 12.1. The minimum atomic E-state index is -0.562. The van der Waals surface area contributed by atoms with Crippen LogP contribution >= 0.6 is 12.2 Å². The van der Waals surface area contributed by atoms with E-state index in [1.54, 1.807) is 7.05 Å². The predicted octanol–water partition coefficient (Wildman–Crippen LogP) is 0.829. The summed E-state index contributed by atoms with van der Waals surface area (Å²) >= 11 is 4.74. The van der Waals surface area contributed by atoms with Crippen LogP contribution in [0.4, 0.5) is 5.69 Å². The molecule has 0 aliphatic carbocycles. The van der Waals surface area contributed by atoms with Crippen molar-refractivity contribution < 1.29 is 9.72 Å². The van der Waals surface area contributed by atoms with Gasteiger partial charge >= 0.3 is 0 Å². The summed E-state index contributed by atoms with van der Waals surface area (Å²) in [5.41, 5.74) is 0.0508. The molecule has 0 heterocycles. The third kappa shape index (κ3) is 2.99. The zero-order chi connectivity index (χ0) is 12.1. The second-order valence-electron chi connectivity index (χ2n) is 2.84. The third-order valence-corrected chi connectivity index (χ3v) is 2.08. The molecule has 0 unspecified atom stereocenters. The maximum absolute atomic E-state index is 11.5. The fourth-order valence-electron chi connectivity index (χ4n) is 0.998. The molecule has 1 rings (SSSR count). The molecule has 6 nitrogen and oxygen atoms in total. The molecule has 1 aromatic rings. The van der Waals surface area contributed by atoms with Crippen LogP contribution in [0.2, 0.25) is 0 Å². The summed E-state index contributed by atoms with van der Waals surface area (Å²) in [6, 6.07) is 5.41. The SMILES string of the molecule is CNC(=S)NC(=O)c1cccc([N+](=O)[O-])c1. The average Bonchev–Trinajstić information content (AvgIpc) is 2.28. The van der Waals surface area contributed by atoms with E-state index in [-0.39, 0.29) is 16.4 Å². The Balaban J connectivity index is 2.88. The molecule has 0 spiro atoms. The Bertz CT molecular complexity index is 447. The minimum absolute atomic E-state index is 0.136. The predicted molar refractivity (Wildman–Crippen MR) is 62.2 cm³/mol. The number of carbonyl (C=O) groups is 1. The molecule has 84 valence electrons. The monoisotopic (exact) mass is 239 g/mol. The summed E-state index contributed by atoms with van der Waals surface area (Å²) in [7, 11) is 1.57. The highest BCUT2D eigenvalue weighted by Crippen LogP contribution is 2.12. The van der Waals surface area contributed by atoms with Crippen LogP contribution in [-0.4, -0.2) is 23.0 Å². The molecule has 0 aliphatic rings. The number of hydrogen-bond acceptors (Lipinski definition) is 4. The molecule has 2 N–H and O–H groups in total. The number of nitro groups is 1. The number of thiocarbonyl (C=S) groups is 1. The Morgan fingerprint density at radius 3 is 2.75 bits per heavy atom. The molecule has 1 amide bonds. The topological polar surface area (TPSA) is 84.3 Å². The van der Waals surface area contributed by atoms with Gasteiger partial charge in [-0.25, -0.2) is 0 Å². The maximum Gasteiger partial charge on any atom is 0.270 e. The van der Waals surface area contributed by atoms with Crippen LogP contribution in [0.3, 0.4) is 0 Å². The maximum atomic E-state index is 11.5. The Labute approximate surface area is 96.8 Å². The zero-order valence-electron chi connectivity index (χ0n) is 8.39. The number of non-ortho nitro benzene ring substituents is 1. The van der Waals surface area contributed by atoms with Gasteiger partial charge in [-0.3, -0.25) is 20.2 Å². The van der Waals surface area contributed by atoms with Gasteiger partial charge in [0.1, 0.15) is 0 Å². The summed E-state index contributed by atoms with van der Waals surface area (Å²) in [5, 5.41) is 15.6. The summed E-state index contributed by atoms with van der Waals surface area (Å²) in [6.07, 6.45) is 0.